The first kappa shape index (κ1) is 16.5. The fraction of sp³-hybridized carbons (Fsp3) is 0.529. The number of rotatable bonds is 7. The number of carbonyl (C=O) groups excluding carboxylic acids is 2. The van der Waals surface area contributed by atoms with Crippen molar-refractivity contribution in [2.45, 2.75) is 44.8 Å². The molecular formula is C17H24N2O3. The van der Waals surface area contributed by atoms with Gasteiger partial charge in [-0.05, 0) is 25.3 Å². The summed E-state index contributed by atoms with van der Waals surface area (Å²) in [5.74, 6) is -0.207. The lowest BCUT2D eigenvalue weighted by atomic mass is 10.1. The lowest BCUT2D eigenvalue weighted by Crippen LogP contribution is -2.33. The van der Waals surface area contributed by atoms with Gasteiger partial charge in [0, 0.05) is 26.0 Å². The zero-order valence-corrected chi connectivity index (χ0v) is 13.0. The highest BCUT2D eigenvalue weighted by Gasteiger charge is 2.16. The summed E-state index contributed by atoms with van der Waals surface area (Å²) in [6.45, 7) is 3.26. The minimum atomic E-state index is -0.108. The van der Waals surface area contributed by atoms with Gasteiger partial charge in [-0.1, -0.05) is 30.3 Å². The van der Waals surface area contributed by atoms with Crippen molar-refractivity contribution in [3.05, 3.63) is 35.9 Å². The van der Waals surface area contributed by atoms with Gasteiger partial charge in [-0.25, -0.2) is 0 Å². The van der Waals surface area contributed by atoms with E-state index in [0.717, 1.165) is 25.0 Å². The lowest BCUT2D eigenvalue weighted by Gasteiger charge is -2.14. The molecule has 0 spiro atoms. The fourth-order valence-corrected chi connectivity index (χ4v) is 2.49. The average Bonchev–Trinajstić information content (AvgIpc) is 3.05. The Hall–Kier alpha value is -1.88. The van der Waals surface area contributed by atoms with Gasteiger partial charge in [0.15, 0.2) is 0 Å². The van der Waals surface area contributed by atoms with Crippen molar-refractivity contribution < 1.29 is 14.3 Å². The van der Waals surface area contributed by atoms with Gasteiger partial charge in [0.1, 0.15) is 0 Å². The molecule has 5 heteroatoms. The molecule has 1 saturated heterocycles. The van der Waals surface area contributed by atoms with E-state index in [0.29, 0.717) is 6.54 Å². The number of amides is 2. The molecule has 2 atom stereocenters. The van der Waals surface area contributed by atoms with Gasteiger partial charge in [0.2, 0.25) is 11.8 Å². The van der Waals surface area contributed by atoms with Crippen molar-refractivity contribution in [1.29, 1.82) is 0 Å². The van der Waals surface area contributed by atoms with E-state index in [1.165, 1.54) is 0 Å². The Bertz CT molecular complexity index is 484. The van der Waals surface area contributed by atoms with Crippen LogP contribution >= 0.6 is 0 Å². The first-order valence-corrected chi connectivity index (χ1v) is 7.88. The van der Waals surface area contributed by atoms with Gasteiger partial charge in [-0.3, -0.25) is 9.59 Å². The Morgan fingerprint density at radius 3 is 2.64 bits per heavy atom. The lowest BCUT2D eigenvalue weighted by molar-refractivity contribution is -0.127. The molecule has 2 amide bonds. The number of benzene rings is 1. The number of nitrogens with one attached hydrogen (secondary N) is 2. The minimum absolute atomic E-state index is 0.0522. The van der Waals surface area contributed by atoms with Gasteiger partial charge in [0.25, 0.3) is 0 Å². The normalized spacial score (nSPS) is 18.7. The largest absolute Gasteiger partial charge is 0.376 e. The third-order valence-electron chi connectivity index (χ3n) is 3.81. The van der Waals surface area contributed by atoms with Crippen molar-refractivity contribution in [1.82, 2.24) is 10.6 Å². The van der Waals surface area contributed by atoms with Crippen LogP contribution in [0.15, 0.2) is 30.3 Å². The molecule has 1 heterocycles. The maximum absolute atomic E-state index is 11.9. The molecule has 0 saturated carbocycles. The maximum atomic E-state index is 11.9. The first-order valence-electron chi connectivity index (χ1n) is 7.88. The van der Waals surface area contributed by atoms with Gasteiger partial charge in [0.05, 0.1) is 12.1 Å². The molecule has 5 nitrogen and oxygen atoms in total. The molecule has 22 heavy (non-hydrogen) atoms. The Kier molecular flexibility index (Phi) is 6.40. The van der Waals surface area contributed by atoms with Crippen LogP contribution in [0, 0.1) is 0 Å². The third-order valence-corrected chi connectivity index (χ3v) is 3.81. The van der Waals surface area contributed by atoms with E-state index in [1.54, 1.807) is 0 Å². The quantitative estimate of drug-likeness (QED) is 0.809. The molecule has 0 aromatic heterocycles. The van der Waals surface area contributed by atoms with Crippen LogP contribution in [-0.4, -0.2) is 31.1 Å². The van der Waals surface area contributed by atoms with E-state index in [-0.39, 0.29) is 36.8 Å². The molecule has 1 fully saturated rings. The zero-order valence-electron chi connectivity index (χ0n) is 13.0. The van der Waals surface area contributed by atoms with E-state index >= 15 is 0 Å². The molecule has 1 aliphatic rings. The Morgan fingerprint density at radius 2 is 1.95 bits per heavy atom. The second-order valence-electron chi connectivity index (χ2n) is 5.64. The first-order chi connectivity index (χ1) is 10.6. The molecule has 2 N–H and O–H groups in total. The second kappa shape index (κ2) is 8.54. The second-order valence-corrected chi connectivity index (χ2v) is 5.64. The number of ether oxygens (including phenoxy) is 1. The Balaban J connectivity index is 1.63. The van der Waals surface area contributed by atoms with Crippen molar-refractivity contribution in [3.8, 4) is 0 Å². The molecule has 0 radical (unpaired) electrons. The van der Waals surface area contributed by atoms with Crippen molar-refractivity contribution in [2.24, 2.45) is 0 Å². The summed E-state index contributed by atoms with van der Waals surface area (Å²) in [5, 5.41) is 5.73. The van der Waals surface area contributed by atoms with Crippen LogP contribution in [-0.2, 0) is 14.3 Å². The SMILES string of the molecule is C[C@H](NC(=O)CCC(=O)NC[C@@H]1CCCO1)c1ccccc1. The molecule has 1 aliphatic heterocycles. The molecular weight excluding hydrogens is 280 g/mol. The summed E-state index contributed by atoms with van der Waals surface area (Å²) >= 11 is 0. The van der Waals surface area contributed by atoms with Gasteiger partial charge >= 0.3 is 0 Å². The maximum Gasteiger partial charge on any atom is 0.220 e. The standard InChI is InChI=1S/C17H24N2O3/c1-13(14-6-3-2-4-7-14)19-17(21)10-9-16(20)18-12-15-8-5-11-22-15/h2-4,6-7,13,15H,5,8-12H2,1H3,(H,18,20)(H,19,21)/t13-,15-/m0/s1. The van der Waals surface area contributed by atoms with Crippen LogP contribution in [0.5, 0.6) is 0 Å². The van der Waals surface area contributed by atoms with Crippen LogP contribution in [0.3, 0.4) is 0 Å². The zero-order chi connectivity index (χ0) is 15.8. The van der Waals surface area contributed by atoms with Crippen molar-refractivity contribution in [3.63, 3.8) is 0 Å². The predicted octanol–water partition coefficient (Wildman–Crippen LogP) is 1.94. The molecule has 1 aromatic rings. The van der Waals surface area contributed by atoms with E-state index in [9.17, 15) is 9.59 Å². The van der Waals surface area contributed by atoms with Crippen LogP contribution in [0.25, 0.3) is 0 Å². The topological polar surface area (TPSA) is 67.4 Å². The van der Waals surface area contributed by atoms with E-state index in [4.69, 9.17) is 4.74 Å². The van der Waals surface area contributed by atoms with E-state index < -0.39 is 0 Å². The monoisotopic (exact) mass is 304 g/mol. The smallest absolute Gasteiger partial charge is 0.220 e. The number of hydrogen-bond acceptors (Lipinski definition) is 3. The molecule has 120 valence electrons. The van der Waals surface area contributed by atoms with E-state index in [2.05, 4.69) is 10.6 Å². The minimum Gasteiger partial charge on any atom is -0.376 e. The molecule has 0 bridgehead atoms. The summed E-state index contributed by atoms with van der Waals surface area (Å²) in [4.78, 5) is 23.6. The highest BCUT2D eigenvalue weighted by Crippen LogP contribution is 2.12. The van der Waals surface area contributed by atoms with E-state index in [1.807, 2.05) is 37.3 Å². The summed E-state index contributed by atoms with van der Waals surface area (Å²) < 4.78 is 5.44. The Labute approximate surface area is 131 Å². The average molecular weight is 304 g/mol. The predicted molar refractivity (Wildman–Crippen MR) is 84.2 cm³/mol. The summed E-state index contributed by atoms with van der Waals surface area (Å²) in [6.07, 6.45) is 2.60. The fourth-order valence-electron chi connectivity index (χ4n) is 2.49. The van der Waals surface area contributed by atoms with Crippen LogP contribution < -0.4 is 10.6 Å². The van der Waals surface area contributed by atoms with Gasteiger partial charge in [-0.2, -0.15) is 0 Å². The number of carbonyl (C=O) groups is 2. The van der Waals surface area contributed by atoms with Gasteiger partial charge in [-0.15, -0.1) is 0 Å². The van der Waals surface area contributed by atoms with Crippen LogP contribution in [0.2, 0.25) is 0 Å². The third kappa shape index (κ3) is 5.48. The summed E-state index contributed by atoms with van der Waals surface area (Å²) in [6, 6.07) is 9.71. The highest BCUT2D eigenvalue weighted by atomic mass is 16.5. The number of hydrogen-bond donors (Lipinski definition) is 2. The van der Waals surface area contributed by atoms with Crippen LogP contribution in [0.4, 0.5) is 0 Å². The highest BCUT2D eigenvalue weighted by molar-refractivity contribution is 5.83. The summed E-state index contributed by atoms with van der Waals surface area (Å²) in [5.41, 5.74) is 1.05. The molecule has 0 unspecified atom stereocenters. The molecule has 0 aliphatic carbocycles. The molecule has 2 rings (SSSR count). The Morgan fingerprint density at radius 1 is 1.23 bits per heavy atom. The van der Waals surface area contributed by atoms with Crippen molar-refractivity contribution >= 4 is 11.8 Å². The summed E-state index contributed by atoms with van der Waals surface area (Å²) in [7, 11) is 0. The van der Waals surface area contributed by atoms with Crippen LogP contribution in [0.1, 0.15) is 44.2 Å². The van der Waals surface area contributed by atoms with Crippen molar-refractivity contribution in [2.75, 3.05) is 13.2 Å². The molecule has 1 aromatic carbocycles. The van der Waals surface area contributed by atoms with Gasteiger partial charge < -0.3 is 15.4 Å².